The molecule has 1 aliphatic carbocycles. The van der Waals surface area contributed by atoms with Gasteiger partial charge in [0.05, 0.1) is 10.9 Å². The van der Waals surface area contributed by atoms with Crippen LogP contribution in [0.15, 0.2) is 66.9 Å². The Morgan fingerprint density at radius 1 is 1.09 bits per heavy atom. The number of halogens is 1. The van der Waals surface area contributed by atoms with Crippen molar-refractivity contribution in [2.45, 2.75) is 24.5 Å². The number of Topliss-reactive ketones (excluding diaryl/α,β-unsaturated/α-hetero) is 1. The number of pyridine rings is 1. The number of imidazole rings is 1. The fourth-order valence-electron chi connectivity index (χ4n) is 4.35. The van der Waals surface area contributed by atoms with E-state index in [1.165, 1.54) is 12.3 Å². The Kier molecular flexibility index (Phi) is 4.74. The molecule has 1 aliphatic rings. The summed E-state index contributed by atoms with van der Waals surface area (Å²) in [6.45, 7) is 1.63. The Labute approximate surface area is 185 Å². The first-order chi connectivity index (χ1) is 15.2. The molecule has 0 N–H and O–H groups in total. The van der Waals surface area contributed by atoms with E-state index in [2.05, 4.69) is 4.98 Å². The zero-order valence-electron chi connectivity index (χ0n) is 17.6. The molecular weight excluding hydrogens is 427 g/mol. The average molecular weight is 449 g/mol. The van der Waals surface area contributed by atoms with E-state index >= 15 is 0 Å². The lowest BCUT2D eigenvalue weighted by Gasteiger charge is -2.14. The molecule has 0 saturated carbocycles. The average Bonchev–Trinajstić information content (AvgIpc) is 3.29. The number of aromatic nitrogens is 2. The van der Waals surface area contributed by atoms with Crippen LogP contribution >= 0.6 is 0 Å². The van der Waals surface area contributed by atoms with E-state index in [1.54, 1.807) is 37.4 Å². The van der Waals surface area contributed by atoms with Crippen LogP contribution in [-0.4, -0.2) is 29.8 Å². The van der Waals surface area contributed by atoms with E-state index < -0.39 is 20.9 Å². The van der Waals surface area contributed by atoms with Crippen LogP contribution in [-0.2, 0) is 9.84 Å². The number of benzene rings is 2. The maximum absolute atomic E-state index is 15.0. The summed E-state index contributed by atoms with van der Waals surface area (Å²) in [4.78, 5) is 17.0. The molecule has 0 radical (unpaired) electrons. The maximum Gasteiger partial charge on any atom is 0.184 e. The number of nitrogens with zero attached hydrogens (tertiary/aromatic N) is 2. The molecule has 0 amide bonds. The van der Waals surface area contributed by atoms with E-state index in [0.717, 1.165) is 11.3 Å². The van der Waals surface area contributed by atoms with Gasteiger partial charge in [-0.2, -0.15) is 0 Å². The Balaban J connectivity index is 1.62. The predicted octanol–water partition coefficient (Wildman–Crippen LogP) is 4.96. The van der Waals surface area contributed by atoms with Crippen LogP contribution < -0.4 is 0 Å². The molecule has 2 atom stereocenters. The Morgan fingerprint density at radius 2 is 1.78 bits per heavy atom. The third-order valence-corrected chi connectivity index (χ3v) is 7.82. The third kappa shape index (κ3) is 3.33. The Morgan fingerprint density at radius 3 is 2.44 bits per heavy atom. The summed E-state index contributed by atoms with van der Waals surface area (Å²) in [6, 6.07) is 18.0. The molecule has 0 aliphatic heterocycles. The van der Waals surface area contributed by atoms with E-state index in [4.69, 9.17) is 0 Å². The van der Waals surface area contributed by atoms with Crippen molar-refractivity contribution in [1.82, 2.24) is 9.38 Å². The van der Waals surface area contributed by atoms with Gasteiger partial charge in [0.2, 0.25) is 0 Å². The SMILES string of the molecule is CC(c1ccc(-c2cn3c4c(nc3cc2F)C(=O)C[C@@H]4c2ccccc2)cc1)S(C)(=O)=O. The summed E-state index contributed by atoms with van der Waals surface area (Å²) in [5.41, 5.74) is 4.22. The van der Waals surface area contributed by atoms with Crippen molar-refractivity contribution < 1.29 is 17.6 Å². The summed E-state index contributed by atoms with van der Waals surface area (Å²) in [5, 5.41) is -0.640. The molecule has 1 unspecified atom stereocenters. The van der Waals surface area contributed by atoms with Crippen LogP contribution in [0.1, 0.15) is 51.8 Å². The molecule has 0 saturated heterocycles. The van der Waals surface area contributed by atoms with Crippen molar-refractivity contribution in [2.75, 3.05) is 6.26 Å². The molecule has 2 aromatic carbocycles. The van der Waals surface area contributed by atoms with Gasteiger partial charge < -0.3 is 4.40 Å². The van der Waals surface area contributed by atoms with Crippen LogP contribution in [0.25, 0.3) is 16.8 Å². The highest BCUT2D eigenvalue weighted by Crippen LogP contribution is 2.39. The normalized spacial score (nSPS) is 17.0. The highest BCUT2D eigenvalue weighted by atomic mass is 32.2. The van der Waals surface area contributed by atoms with Crippen molar-refractivity contribution in [2.24, 2.45) is 0 Å². The van der Waals surface area contributed by atoms with Crippen molar-refractivity contribution in [3.63, 3.8) is 0 Å². The molecule has 5 rings (SSSR count). The van der Waals surface area contributed by atoms with Gasteiger partial charge in [0.1, 0.15) is 17.2 Å². The van der Waals surface area contributed by atoms with Gasteiger partial charge in [0, 0.05) is 36.4 Å². The lowest BCUT2D eigenvalue weighted by atomic mass is 9.96. The van der Waals surface area contributed by atoms with Crippen LogP contribution in [0.5, 0.6) is 0 Å². The van der Waals surface area contributed by atoms with E-state index in [0.29, 0.717) is 34.5 Å². The molecule has 2 aromatic heterocycles. The molecule has 0 bridgehead atoms. The predicted molar refractivity (Wildman–Crippen MR) is 121 cm³/mol. The van der Waals surface area contributed by atoms with E-state index in [1.807, 2.05) is 34.7 Å². The monoisotopic (exact) mass is 448 g/mol. The zero-order valence-corrected chi connectivity index (χ0v) is 18.4. The van der Waals surface area contributed by atoms with Crippen LogP contribution in [0.4, 0.5) is 4.39 Å². The topological polar surface area (TPSA) is 68.5 Å². The molecule has 162 valence electrons. The van der Waals surface area contributed by atoms with Crippen LogP contribution in [0, 0.1) is 5.82 Å². The second-order valence-electron chi connectivity index (χ2n) is 8.29. The van der Waals surface area contributed by atoms with Gasteiger partial charge in [0.25, 0.3) is 0 Å². The minimum atomic E-state index is -3.23. The Hall–Kier alpha value is -3.32. The van der Waals surface area contributed by atoms with Crippen LogP contribution in [0.2, 0.25) is 0 Å². The highest BCUT2D eigenvalue weighted by molar-refractivity contribution is 7.90. The van der Waals surface area contributed by atoms with Crippen molar-refractivity contribution in [3.8, 4) is 11.1 Å². The number of carbonyl (C=O) groups is 1. The summed E-state index contributed by atoms with van der Waals surface area (Å²) >= 11 is 0. The summed E-state index contributed by atoms with van der Waals surface area (Å²) < 4.78 is 40.5. The molecule has 5 nitrogen and oxygen atoms in total. The van der Waals surface area contributed by atoms with E-state index in [-0.39, 0.29) is 11.7 Å². The first-order valence-corrected chi connectivity index (χ1v) is 12.3. The van der Waals surface area contributed by atoms with Crippen molar-refractivity contribution in [3.05, 3.63) is 95.2 Å². The van der Waals surface area contributed by atoms with Crippen molar-refractivity contribution in [1.29, 1.82) is 0 Å². The number of hydrogen-bond donors (Lipinski definition) is 0. The van der Waals surface area contributed by atoms with Gasteiger partial charge in [-0.25, -0.2) is 17.8 Å². The van der Waals surface area contributed by atoms with Gasteiger partial charge >= 0.3 is 0 Å². The number of hydrogen-bond acceptors (Lipinski definition) is 4. The highest BCUT2D eigenvalue weighted by Gasteiger charge is 2.35. The maximum atomic E-state index is 15.0. The lowest BCUT2D eigenvalue weighted by Crippen LogP contribution is -2.07. The summed E-state index contributed by atoms with van der Waals surface area (Å²) in [7, 11) is -3.23. The molecule has 0 spiro atoms. The lowest BCUT2D eigenvalue weighted by molar-refractivity contribution is 0.0987. The van der Waals surface area contributed by atoms with Gasteiger partial charge in [-0.05, 0) is 23.6 Å². The molecular formula is C25H21FN2O3S. The minimum Gasteiger partial charge on any atom is -0.302 e. The van der Waals surface area contributed by atoms with Crippen LogP contribution in [0.3, 0.4) is 0 Å². The third-order valence-electron chi connectivity index (χ3n) is 6.27. The first-order valence-electron chi connectivity index (χ1n) is 10.3. The number of fused-ring (bicyclic) bond motifs is 3. The minimum absolute atomic E-state index is 0.0429. The fourth-order valence-corrected chi connectivity index (χ4v) is 5.01. The van der Waals surface area contributed by atoms with Gasteiger partial charge in [-0.15, -0.1) is 0 Å². The standard InChI is InChI=1S/C25H21FN2O3S/c1-15(32(2,30)31)16-8-10-18(11-9-16)20-14-28-23(13-21(20)26)27-24-22(29)12-19(25(24)28)17-6-4-3-5-7-17/h3-11,13-15,19H,12H2,1-2H3/t15?,19-/m1/s1. The second kappa shape index (κ2) is 7.38. The largest absolute Gasteiger partial charge is 0.302 e. The smallest absolute Gasteiger partial charge is 0.184 e. The second-order valence-corrected chi connectivity index (χ2v) is 10.7. The van der Waals surface area contributed by atoms with Gasteiger partial charge in [-0.1, -0.05) is 54.6 Å². The summed E-state index contributed by atoms with van der Waals surface area (Å²) in [5.74, 6) is -0.627. The Bertz CT molecular complexity index is 1460. The first kappa shape index (κ1) is 20.6. The summed E-state index contributed by atoms with van der Waals surface area (Å²) in [6.07, 6.45) is 3.22. The van der Waals surface area contributed by atoms with Crippen molar-refractivity contribution >= 4 is 21.3 Å². The molecule has 0 fully saturated rings. The fraction of sp³-hybridized carbons (Fsp3) is 0.200. The van der Waals surface area contributed by atoms with Gasteiger partial charge in [-0.3, -0.25) is 4.79 Å². The molecule has 4 aromatic rings. The number of rotatable bonds is 4. The quantitative estimate of drug-likeness (QED) is 0.442. The number of carbonyl (C=O) groups excluding carboxylic acids is 1. The van der Waals surface area contributed by atoms with E-state index in [9.17, 15) is 17.6 Å². The molecule has 7 heteroatoms. The zero-order chi connectivity index (χ0) is 22.6. The molecule has 32 heavy (non-hydrogen) atoms. The number of sulfone groups is 1. The number of ketones is 1. The van der Waals surface area contributed by atoms with Gasteiger partial charge in [0.15, 0.2) is 15.6 Å². The molecule has 2 heterocycles.